The van der Waals surface area contributed by atoms with Gasteiger partial charge in [0.05, 0.1) is 22.5 Å². The molecular weight excluding hydrogens is 468 g/mol. The molecule has 2 aromatic carbocycles. The number of hydrogen-bond donors (Lipinski definition) is 1. The minimum absolute atomic E-state index is 0.0260. The summed E-state index contributed by atoms with van der Waals surface area (Å²) < 4.78 is 32.6. The van der Waals surface area contributed by atoms with Crippen LogP contribution >= 0.6 is 0 Å². The average Bonchev–Trinajstić information content (AvgIpc) is 3.40. The van der Waals surface area contributed by atoms with E-state index in [0.29, 0.717) is 23.7 Å². The van der Waals surface area contributed by atoms with Crippen molar-refractivity contribution in [3.05, 3.63) is 88.5 Å². The number of rotatable bonds is 7. The second-order valence-electron chi connectivity index (χ2n) is 7.90. The first-order valence-electron chi connectivity index (χ1n) is 10.9. The van der Waals surface area contributed by atoms with Crippen LogP contribution in [0.2, 0.25) is 0 Å². The van der Waals surface area contributed by atoms with Crippen molar-refractivity contribution in [1.82, 2.24) is 19.1 Å². The Balaban J connectivity index is 1.70. The third-order valence-corrected chi connectivity index (χ3v) is 7.60. The van der Waals surface area contributed by atoms with E-state index >= 15 is 0 Å². The Bertz CT molecular complexity index is 1550. The van der Waals surface area contributed by atoms with Gasteiger partial charge in [0.25, 0.3) is 21.5 Å². The summed E-state index contributed by atoms with van der Waals surface area (Å²) in [6, 6.07) is 16.3. The highest BCUT2D eigenvalue weighted by Crippen LogP contribution is 2.24. The van der Waals surface area contributed by atoms with Gasteiger partial charge in [-0.05, 0) is 44.2 Å². The number of carbonyl (C=O) groups excluding carboxylic acids is 1. The molecule has 1 amide bonds. The minimum atomic E-state index is -4.14. The number of aryl methyl sites for hydroxylation is 1. The molecule has 4 rings (SSSR count). The first-order valence-corrected chi connectivity index (χ1v) is 12.4. The number of aromatic nitrogens is 4. The Hall–Kier alpha value is -4.12. The Labute approximate surface area is 203 Å². The summed E-state index contributed by atoms with van der Waals surface area (Å²) in [6.45, 7) is 4.14. The smallest absolute Gasteiger partial charge is 0.296 e. The number of carbonyl (C=O) groups is 1. The van der Waals surface area contributed by atoms with E-state index in [4.69, 9.17) is 0 Å². The van der Waals surface area contributed by atoms with E-state index in [-0.39, 0.29) is 16.1 Å². The zero-order chi connectivity index (χ0) is 25.3. The largest absolute Gasteiger partial charge is 0.307 e. The number of sulfonamides is 1. The van der Waals surface area contributed by atoms with Gasteiger partial charge in [0.2, 0.25) is 0 Å². The van der Waals surface area contributed by atoms with Gasteiger partial charge in [0, 0.05) is 32.3 Å². The third kappa shape index (κ3) is 4.26. The Morgan fingerprint density at radius 2 is 1.80 bits per heavy atom. The molecule has 0 atom stereocenters. The zero-order valence-corrected chi connectivity index (χ0v) is 20.7. The normalized spacial score (nSPS) is 11.4. The van der Waals surface area contributed by atoms with E-state index in [1.54, 1.807) is 59.9 Å². The van der Waals surface area contributed by atoms with Gasteiger partial charge < -0.3 is 5.32 Å². The molecule has 182 valence electrons. The van der Waals surface area contributed by atoms with Crippen molar-refractivity contribution in [3.63, 3.8) is 0 Å². The second-order valence-corrected chi connectivity index (χ2v) is 9.87. The summed E-state index contributed by atoms with van der Waals surface area (Å²) in [5, 5.41) is 6.85. The highest BCUT2D eigenvalue weighted by Gasteiger charge is 2.29. The summed E-state index contributed by atoms with van der Waals surface area (Å²) in [6.07, 6.45) is 1.57. The molecule has 0 aliphatic carbocycles. The monoisotopic (exact) mass is 494 g/mol. The summed E-state index contributed by atoms with van der Waals surface area (Å²) in [7, 11) is -1.12. The minimum Gasteiger partial charge on any atom is -0.307 e. The predicted octanol–water partition coefficient (Wildman–Crippen LogP) is 2.78. The van der Waals surface area contributed by atoms with Crippen LogP contribution in [0.3, 0.4) is 0 Å². The van der Waals surface area contributed by atoms with Crippen molar-refractivity contribution in [2.75, 3.05) is 16.7 Å². The van der Waals surface area contributed by atoms with Crippen LogP contribution in [0.1, 0.15) is 23.0 Å². The van der Waals surface area contributed by atoms with E-state index in [1.807, 2.05) is 13.0 Å². The Kier molecular flexibility index (Phi) is 6.35. The predicted molar refractivity (Wildman–Crippen MR) is 134 cm³/mol. The quantitative estimate of drug-likeness (QED) is 0.425. The SMILES string of the molecule is CCn1nccc1NC(=O)c1cccc(S(=O)(=O)N(C)c2c(C)n(C)n(-c3ccccc3)c2=O)c1. The summed E-state index contributed by atoms with van der Waals surface area (Å²) in [5.74, 6) is 0.0338. The summed E-state index contributed by atoms with van der Waals surface area (Å²) >= 11 is 0. The maximum Gasteiger partial charge on any atom is 0.296 e. The molecule has 2 aromatic heterocycles. The summed E-state index contributed by atoms with van der Waals surface area (Å²) in [4.78, 5) is 26.0. The lowest BCUT2D eigenvalue weighted by Crippen LogP contribution is -2.32. The standard InChI is InChI=1S/C24H26N6O4S/c1-5-29-21(14-15-25-29)26-23(31)18-10-9-13-20(16-18)35(33,34)28(4)22-17(2)27(3)30(24(22)32)19-11-7-6-8-12-19/h6-16H,5H2,1-4H3,(H,26,31). The molecule has 4 aromatic rings. The lowest BCUT2D eigenvalue weighted by Gasteiger charge is -2.18. The van der Waals surface area contributed by atoms with Crippen LogP contribution < -0.4 is 15.2 Å². The molecule has 0 aliphatic heterocycles. The molecule has 10 nitrogen and oxygen atoms in total. The van der Waals surface area contributed by atoms with Crippen molar-refractivity contribution in [2.24, 2.45) is 7.05 Å². The van der Waals surface area contributed by atoms with Crippen molar-refractivity contribution in [1.29, 1.82) is 0 Å². The first kappa shape index (κ1) is 24.0. The van der Waals surface area contributed by atoms with Gasteiger partial charge in [0.15, 0.2) is 0 Å². The Morgan fingerprint density at radius 3 is 2.49 bits per heavy atom. The average molecular weight is 495 g/mol. The fraction of sp³-hybridized carbons (Fsp3) is 0.208. The molecule has 0 aliphatic rings. The lowest BCUT2D eigenvalue weighted by molar-refractivity contribution is 0.102. The summed E-state index contributed by atoms with van der Waals surface area (Å²) in [5.41, 5.74) is 0.814. The number of benzene rings is 2. The van der Waals surface area contributed by atoms with Crippen LogP contribution in [-0.2, 0) is 23.6 Å². The van der Waals surface area contributed by atoms with Gasteiger partial charge in [-0.25, -0.2) is 17.8 Å². The molecule has 11 heteroatoms. The van der Waals surface area contributed by atoms with E-state index in [0.717, 1.165) is 4.31 Å². The van der Waals surface area contributed by atoms with Crippen molar-refractivity contribution in [2.45, 2.75) is 25.3 Å². The topological polar surface area (TPSA) is 111 Å². The molecule has 2 heterocycles. The molecule has 0 radical (unpaired) electrons. The maximum absolute atomic E-state index is 13.5. The number of anilines is 2. The molecule has 0 spiro atoms. The fourth-order valence-electron chi connectivity index (χ4n) is 3.87. The first-order chi connectivity index (χ1) is 16.7. The van der Waals surface area contributed by atoms with Gasteiger partial charge in [0.1, 0.15) is 11.5 Å². The number of nitrogens with zero attached hydrogens (tertiary/aromatic N) is 5. The van der Waals surface area contributed by atoms with E-state index in [1.165, 1.54) is 36.0 Å². The highest BCUT2D eigenvalue weighted by atomic mass is 32.2. The number of hydrogen-bond acceptors (Lipinski definition) is 5. The molecule has 1 N–H and O–H groups in total. The van der Waals surface area contributed by atoms with E-state index in [9.17, 15) is 18.0 Å². The van der Waals surface area contributed by atoms with Gasteiger partial charge in [-0.1, -0.05) is 24.3 Å². The number of para-hydroxylation sites is 1. The van der Waals surface area contributed by atoms with Crippen LogP contribution in [0.25, 0.3) is 5.69 Å². The van der Waals surface area contributed by atoms with Gasteiger partial charge in [-0.2, -0.15) is 5.10 Å². The van der Waals surface area contributed by atoms with Gasteiger partial charge >= 0.3 is 0 Å². The molecule has 0 saturated heterocycles. The maximum atomic E-state index is 13.5. The highest BCUT2D eigenvalue weighted by molar-refractivity contribution is 7.92. The van der Waals surface area contributed by atoms with Crippen LogP contribution in [-0.4, -0.2) is 40.5 Å². The van der Waals surface area contributed by atoms with Gasteiger partial charge in [-0.3, -0.25) is 18.6 Å². The lowest BCUT2D eigenvalue weighted by atomic mass is 10.2. The molecule has 0 bridgehead atoms. The van der Waals surface area contributed by atoms with Crippen molar-refractivity contribution in [3.8, 4) is 5.69 Å². The van der Waals surface area contributed by atoms with E-state index in [2.05, 4.69) is 10.4 Å². The van der Waals surface area contributed by atoms with Gasteiger partial charge in [-0.15, -0.1) is 0 Å². The molecule has 0 saturated carbocycles. The van der Waals surface area contributed by atoms with Crippen LogP contribution in [0.4, 0.5) is 11.5 Å². The van der Waals surface area contributed by atoms with Crippen molar-refractivity contribution >= 4 is 27.4 Å². The second kappa shape index (κ2) is 9.26. The fourth-order valence-corrected chi connectivity index (χ4v) is 5.17. The number of nitrogens with one attached hydrogen (secondary N) is 1. The molecule has 0 unspecified atom stereocenters. The zero-order valence-electron chi connectivity index (χ0n) is 19.8. The number of amides is 1. The molecule has 35 heavy (non-hydrogen) atoms. The van der Waals surface area contributed by atoms with Crippen molar-refractivity contribution < 1.29 is 13.2 Å². The van der Waals surface area contributed by atoms with Crippen LogP contribution in [0.15, 0.2) is 76.6 Å². The molecule has 0 fully saturated rings. The van der Waals surface area contributed by atoms with Crippen LogP contribution in [0, 0.1) is 6.92 Å². The van der Waals surface area contributed by atoms with Crippen LogP contribution in [0.5, 0.6) is 0 Å². The molecular formula is C24H26N6O4S. The van der Waals surface area contributed by atoms with E-state index < -0.39 is 21.5 Å². The Morgan fingerprint density at radius 1 is 1.09 bits per heavy atom. The third-order valence-electron chi connectivity index (χ3n) is 5.85.